The number of likely N-dealkylation sites (N-methyl/N-ethyl adjacent to an activating group) is 1. The summed E-state index contributed by atoms with van der Waals surface area (Å²) in [6.45, 7) is 0.904. The Hall–Kier alpha value is -3.02. The number of hydrogen-bond donors (Lipinski definition) is 0. The minimum absolute atomic E-state index is 0.303. The highest BCUT2D eigenvalue weighted by atomic mass is 16.6. The van der Waals surface area contributed by atoms with E-state index >= 15 is 0 Å². The topological polar surface area (TPSA) is 65.1 Å². The van der Waals surface area contributed by atoms with Crippen molar-refractivity contribution in [2.45, 2.75) is 6.10 Å². The predicted molar refractivity (Wildman–Crippen MR) is 90.7 cm³/mol. The van der Waals surface area contributed by atoms with Crippen LogP contribution < -0.4 is 9.47 Å². The Labute approximate surface area is 145 Å². The number of rotatable bonds is 4. The molecule has 0 aromatic heterocycles. The van der Waals surface area contributed by atoms with Gasteiger partial charge in [0.2, 0.25) is 6.10 Å². The third-order valence-electron chi connectivity index (χ3n) is 3.77. The molecule has 6 heteroatoms. The lowest BCUT2D eigenvalue weighted by atomic mass is 10.1. The zero-order valence-corrected chi connectivity index (χ0v) is 14.1. The zero-order valence-electron chi connectivity index (χ0n) is 14.1. The molecule has 0 bridgehead atoms. The molecule has 6 nitrogen and oxygen atoms in total. The van der Waals surface area contributed by atoms with E-state index in [0.717, 1.165) is 0 Å². The smallest absolute Gasteiger partial charge is 0.339 e. The minimum Gasteiger partial charge on any atom is -0.486 e. The average Bonchev–Trinajstić information content (AvgIpc) is 2.65. The molecule has 1 amide bonds. The van der Waals surface area contributed by atoms with Gasteiger partial charge in [0.25, 0.3) is 5.91 Å². The van der Waals surface area contributed by atoms with E-state index in [1.807, 2.05) is 6.07 Å². The molecule has 0 radical (unpaired) electrons. The van der Waals surface area contributed by atoms with Gasteiger partial charge in [-0.3, -0.25) is 4.79 Å². The summed E-state index contributed by atoms with van der Waals surface area (Å²) >= 11 is 0. The average molecular weight is 341 g/mol. The van der Waals surface area contributed by atoms with Gasteiger partial charge in [-0.1, -0.05) is 30.3 Å². The Morgan fingerprint density at radius 1 is 1.00 bits per heavy atom. The quantitative estimate of drug-likeness (QED) is 0.799. The highest BCUT2D eigenvalue weighted by molar-refractivity contribution is 5.93. The molecule has 0 saturated carbocycles. The van der Waals surface area contributed by atoms with Crippen molar-refractivity contribution in [1.82, 2.24) is 4.90 Å². The largest absolute Gasteiger partial charge is 0.486 e. The molecule has 1 heterocycles. The van der Waals surface area contributed by atoms with Gasteiger partial charge in [-0.05, 0) is 18.2 Å². The Kier molecular flexibility index (Phi) is 4.88. The van der Waals surface area contributed by atoms with E-state index in [1.54, 1.807) is 56.6 Å². The van der Waals surface area contributed by atoms with Crippen molar-refractivity contribution in [2.75, 3.05) is 27.3 Å². The molecule has 0 aliphatic carbocycles. The summed E-state index contributed by atoms with van der Waals surface area (Å²) < 4.78 is 16.4. The van der Waals surface area contributed by atoms with Gasteiger partial charge in [0, 0.05) is 19.7 Å². The Balaban J connectivity index is 1.84. The lowest BCUT2D eigenvalue weighted by Crippen LogP contribution is -2.31. The first kappa shape index (κ1) is 16.8. The van der Waals surface area contributed by atoms with Gasteiger partial charge in [-0.2, -0.15) is 0 Å². The van der Waals surface area contributed by atoms with Crippen molar-refractivity contribution in [3.63, 3.8) is 0 Å². The molecule has 2 aromatic rings. The summed E-state index contributed by atoms with van der Waals surface area (Å²) in [7, 11) is 3.24. The Morgan fingerprint density at radius 2 is 1.68 bits per heavy atom. The van der Waals surface area contributed by atoms with Crippen LogP contribution in [0.5, 0.6) is 11.5 Å². The first-order valence-corrected chi connectivity index (χ1v) is 7.93. The van der Waals surface area contributed by atoms with Crippen molar-refractivity contribution >= 4 is 11.9 Å². The number of benzene rings is 2. The van der Waals surface area contributed by atoms with E-state index in [2.05, 4.69) is 0 Å². The molecule has 0 fully saturated rings. The van der Waals surface area contributed by atoms with Crippen LogP contribution in [0.1, 0.15) is 22.0 Å². The second kappa shape index (κ2) is 7.25. The van der Waals surface area contributed by atoms with Crippen molar-refractivity contribution in [3.05, 3.63) is 59.7 Å². The molecule has 25 heavy (non-hydrogen) atoms. The number of amides is 1. The normalized spacial score (nSPS) is 13.7. The van der Waals surface area contributed by atoms with Crippen LogP contribution in [0.15, 0.2) is 48.5 Å². The van der Waals surface area contributed by atoms with Gasteiger partial charge in [0.1, 0.15) is 13.2 Å². The summed E-state index contributed by atoms with van der Waals surface area (Å²) in [5.41, 5.74) is 0.920. The van der Waals surface area contributed by atoms with Gasteiger partial charge >= 0.3 is 5.97 Å². The lowest BCUT2D eigenvalue weighted by molar-refractivity contribution is -0.138. The Morgan fingerprint density at radius 3 is 2.36 bits per heavy atom. The van der Waals surface area contributed by atoms with Crippen LogP contribution in [-0.2, 0) is 9.53 Å². The number of carbonyl (C=O) groups excluding carboxylic acids is 2. The van der Waals surface area contributed by atoms with Crippen LogP contribution in [0.3, 0.4) is 0 Å². The lowest BCUT2D eigenvalue weighted by Gasteiger charge is -2.22. The second-order valence-electron chi connectivity index (χ2n) is 5.79. The van der Waals surface area contributed by atoms with Gasteiger partial charge in [0.05, 0.1) is 5.56 Å². The van der Waals surface area contributed by atoms with Crippen molar-refractivity contribution < 1.29 is 23.8 Å². The molecule has 1 atom stereocenters. The molecule has 1 unspecified atom stereocenters. The van der Waals surface area contributed by atoms with Crippen molar-refractivity contribution in [2.24, 2.45) is 0 Å². The monoisotopic (exact) mass is 341 g/mol. The molecule has 0 N–H and O–H groups in total. The summed E-state index contributed by atoms with van der Waals surface area (Å²) in [6, 6.07) is 13.8. The number of hydrogen-bond acceptors (Lipinski definition) is 5. The standard InChI is InChI=1S/C19H19NO5/c1-20(2)18(21)17(13-6-4-3-5-7-13)25-19(22)14-8-9-15-16(12-14)24-11-10-23-15/h3-9,12,17H,10-11H2,1-2H3. The van der Waals surface area contributed by atoms with Crippen LogP contribution in [0.2, 0.25) is 0 Å². The first-order valence-electron chi connectivity index (χ1n) is 7.93. The molecular weight excluding hydrogens is 322 g/mol. The highest BCUT2D eigenvalue weighted by Gasteiger charge is 2.27. The molecule has 1 aliphatic rings. The fraction of sp³-hybridized carbons (Fsp3) is 0.263. The summed E-state index contributed by atoms with van der Waals surface area (Å²) in [5, 5.41) is 0. The highest BCUT2D eigenvalue weighted by Crippen LogP contribution is 2.31. The van der Waals surface area contributed by atoms with E-state index < -0.39 is 12.1 Å². The van der Waals surface area contributed by atoms with E-state index in [9.17, 15) is 9.59 Å². The van der Waals surface area contributed by atoms with Gasteiger partial charge in [-0.15, -0.1) is 0 Å². The minimum atomic E-state index is -1.00. The zero-order chi connectivity index (χ0) is 17.8. The maximum absolute atomic E-state index is 12.6. The summed E-state index contributed by atoms with van der Waals surface area (Å²) in [4.78, 5) is 26.4. The molecule has 2 aromatic carbocycles. The van der Waals surface area contributed by atoms with Gasteiger partial charge < -0.3 is 19.1 Å². The van der Waals surface area contributed by atoms with Crippen LogP contribution in [0.4, 0.5) is 0 Å². The number of ether oxygens (including phenoxy) is 3. The number of nitrogens with zero attached hydrogens (tertiary/aromatic N) is 1. The molecular formula is C19H19NO5. The van der Waals surface area contributed by atoms with Crippen LogP contribution in [0.25, 0.3) is 0 Å². The van der Waals surface area contributed by atoms with Crippen LogP contribution >= 0.6 is 0 Å². The fourth-order valence-electron chi connectivity index (χ4n) is 2.47. The number of carbonyl (C=O) groups is 2. The first-order chi connectivity index (χ1) is 12.1. The molecule has 0 saturated heterocycles. The van der Waals surface area contributed by atoms with Gasteiger partial charge in [-0.25, -0.2) is 4.79 Å². The van der Waals surface area contributed by atoms with Crippen molar-refractivity contribution in [3.8, 4) is 11.5 Å². The fourth-order valence-corrected chi connectivity index (χ4v) is 2.47. The Bertz CT molecular complexity index is 773. The summed E-state index contributed by atoms with van der Waals surface area (Å²) in [5.74, 6) is 0.181. The maximum Gasteiger partial charge on any atom is 0.339 e. The molecule has 0 spiro atoms. The SMILES string of the molecule is CN(C)C(=O)C(OC(=O)c1ccc2c(c1)OCCO2)c1ccccc1. The third-order valence-corrected chi connectivity index (χ3v) is 3.77. The summed E-state index contributed by atoms with van der Waals surface area (Å²) in [6.07, 6.45) is -1.00. The number of esters is 1. The van der Waals surface area contributed by atoms with E-state index in [-0.39, 0.29) is 5.91 Å². The molecule has 1 aliphatic heterocycles. The van der Waals surface area contributed by atoms with Crippen LogP contribution in [0, 0.1) is 0 Å². The molecule has 3 rings (SSSR count). The maximum atomic E-state index is 12.6. The van der Waals surface area contributed by atoms with E-state index in [4.69, 9.17) is 14.2 Å². The van der Waals surface area contributed by atoms with Gasteiger partial charge in [0.15, 0.2) is 11.5 Å². The van der Waals surface area contributed by atoms with E-state index in [1.165, 1.54) is 4.90 Å². The third kappa shape index (κ3) is 3.74. The second-order valence-corrected chi connectivity index (χ2v) is 5.79. The van der Waals surface area contributed by atoms with E-state index in [0.29, 0.717) is 35.8 Å². The van der Waals surface area contributed by atoms with Crippen molar-refractivity contribution in [1.29, 1.82) is 0 Å². The van der Waals surface area contributed by atoms with Crippen LogP contribution in [-0.4, -0.2) is 44.1 Å². The molecule has 130 valence electrons. The number of fused-ring (bicyclic) bond motifs is 1. The predicted octanol–water partition coefficient (Wildman–Crippen LogP) is 2.44.